The molecule has 0 spiro atoms. The molecular weight excluding hydrogens is 304 g/mol. The summed E-state index contributed by atoms with van der Waals surface area (Å²) in [5.41, 5.74) is 1.89. The molecule has 0 saturated carbocycles. The van der Waals surface area contributed by atoms with Crippen molar-refractivity contribution in [2.75, 3.05) is 0 Å². The van der Waals surface area contributed by atoms with Gasteiger partial charge in [-0.15, -0.1) is 0 Å². The molecule has 0 unspecified atom stereocenters. The van der Waals surface area contributed by atoms with Gasteiger partial charge in [0, 0.05) is 11.9 Å². The van der Waals surface area contributed by atoms with Crippen LogP contribution in [0.3, 0.4) is 0 Å². The predicted molar refractivity (Wildman–Crippen MR) is 90.4 cm³/mol. The molecule has 2 N–H and O–H groups in total. The number of aromatic nitrogens is 3. The molecule has 24 heavy (non-hydrogen) atoms. The summed E-state index contributed by atoms with van der Waals surface area (Å²) in [5.74, 6) is 0.193. The van der Waals surface area contributed by atoms with Gasteiger partial charge in [-0.2, -0.15) is 0 Å². The van der Waals surface area contributed by atoms with Crippen molar-refractivity contribution in [3.05, 3.63) is 82.2 Å². The highest BCUT2D eigenvalue weighted by Gasteiger charge is 2.11. The lowest BCUT2D eigenvalue weighted by molar-refractivity contribution is 0.0949. The quantitative estimate of drug-likeness (QED) is 0.770. The molecule has 1 amide bonds. The summed E-state index contributed by atoms with van der Waals surface area (Å²) in [6, 6.07) is 14.4. The van der Waals surface area contributed by atoms with E-state index >= 15 is 0 Å². The highest BCUT2D eigenvalue weighted by atomic mass is 16.2. The van der Waals surface area contributed by atoms with E-state index in [0.29, 0.717) is 17.2 Å². The molecule has 0 bridgehead atoms. The summed E-state index contributed by atoms with van der Waals surface area (Å²) in [4.78, 5) is 35.3. The number of H-pyrrole nitrogens is 1. The van der Waals surface area contributed by atoms with Crippen LogP contribution in [0, 0.1) is 6.92 Å². The minimum atomic E-state index is -0.438. The molecule has 0 aliphatic rings. The third-order valence-corrected chi connectivity index (χ3v) is 3.50. The normalized spacial score (nSPS) is 10.4. The van der Waals surface area contributed by atoms with Crippen molar-refractivity contribution >= 4 is 5.91 Å². The van der Waals surface area contributed by atoms with Gasteiger partial charge in [0.15, 0.2) is 0 Å². The largest absolute Gasteiger partial charge is 0.346 e. The lowest BCUT2D eigenvalue weighted by Gasteiger charge is -2.06. The van der Waals surface area contributed by atoms with E-state index in [4.69, 9.17) is 0 Å². The lowest BCUT2D eigenvalue weighted by Crippen LogP contribution is -2.29. The van der Waals surface area contributed by atoms with E-state index in [9.17, 15) is 9.59 Å². The lowest BCUT2D eigenvalue weighted by atomic mass is 10.1. The average Bonchev–Trinajstić information content (AvgIpc) is 2.60. The van der Waals surface area contributed by atoms with E-state index in [1.54, 1.807) is 25.3 Å². The van der Waals surface area contributed by atoms with Gasteiger partial charge in [0.05, 0.1) is 12.2 Å². The van der Waals surface area contributed by atoms with Crippen molar-refractivity contribution in [1.82, 2.24) is 20.3 Å². The molecule has 0 aliphatic carbocycles. The molecule has 0 atom stereocenters. The molecule has 120 valence electrons. The number of hydrogen-bond acceptors (Lipinski definition) is 4. The number of nitrogens with one attached hydrogen (secondary N) is 2. The molecule has 2 heterocycles. The van der Waals surface area contributed by atoms with Crippen LogP contribution in [0.2, 0.25) is 0 Å². The molecule has 0 fully saturated rings. The first-order chi connectivity index (χ1) is 11.6. The molecule has 6 nitrogen and oxygen atoms in total. The third-order valence-electron chi connectivity index (χ3n) is 3.50. The summed E-state index contributed by atoms with van der Waals surface area (Å²) in [6.07, 6.45) is 1.63. The molecule has 0 saturated heterocycles. The second-order valence-corrected chi connectivity index (χ2v) is 5.26. The van der Waals surface area contributed by atoms with E-state index < -0.39 is 11.5 Å². The Morgan fingerprint density at radius 1 is 1.12 bits per heavy atom. The van der Waals surface area contributed by atoms with Crippen LogP contribution in [-0.2, 0) is 6.54 Å². The van der Waals surface area contributed by atoms with Gasteiger partial charge < -0.3 is 10.3 Å². The van der Waals surface area contributed by atoms with Gasteiger partial charge in [-0.1, -0.05) is 30.3 Å². The number of carbonyl (C=O) groups excluding carboxylic acids is 1. The topological polar surface area (TPSA) is 87.7 Å². The van der Waals surface area contributed by atoms with Crippen molar-refractivity contribution < 1.29 is 4.79 Å². The van der Waals surface area contributed by atoms with Crippen molar-refractivity contribution in [2.45, 2.75) is 13.5 Å². The number of benzene rings is 1. The van der Waals surface area contributed by atoms with Crippen LogP contribution in [-0.4, -0.2) is 20.9 Å². The van der Waals surface area contributed by atoms with Gasteiger partial charge in [0.2, 0.25) is 0 Å². The number of carbonyl (C=O) groups is 1. The maximum atomic E-state index is 12.2. The summed E-state index contributed by atoms with van der Waals surface area (Å²) in [6.45, 7) is 2.01. The minimum absolute atomic E-state index is 0.0699. The SMILES string of the molecule is Cc1nccc(CNC(=O)c2ccc(-c3ccccc3)[nH]c2=O)n1. The molecule has 0 radical (unpaired) electrons. The fraction of sp³-hybridized carbons (Fsp3) is 0.111. The van der Waals surface area contributed by atoms with Crippen molar-refractivity contribution in [2.24, 2.45) is 0 Å². The van der Waals surface area contributed by atoms with Crippen molar-refractivity contribution in [1.29, 1.82) is 0 Å². The van der Waals surface area contributed by atoms with Crippen LogP contribution in [0.5, 0.6) is 0 Å². The molecule has 3 aromatic rings. The van der Waals surface area contributed by atoms with Gasteiger partial charge in [0.1, 0.15) is 11.4 Å². The Morgan fingerprint density at radius 2 is 1.92 bits per heavy atom. The van der Waals surface area contributed by atoms with E-state index in [1.807, 2.05) is 30.3 Å². The Kier molecular flexibility index (Phi) is 4.47. The predicted octanol–water partition coefficient (Wildman–Crippen LogP) is 2.07. The Labute approximate surface area is 138 Å². The van der Waals surface area contributed by atoms with Crippen LogP contribution >= 0.6 is 0 Å². The molecular formula is C18H16N4O2. The fourth-order valence-corrected chi connectivity index (χ4v) is 2.31. The van der Waals surface area contributed by atoms with Crippen LogP contribution in [0.25, 0.3) is 11.3 Å². The van der Waals surface area contributed by atoms with Crippen LogP contribution in [0.1, 0.15) is 21.9 Å². The fourth-order valence-electron chi connectivity index (χ4n) is 2.31. The molecule has 1 aromatic carbocycles. The zero-order valence-corrected chi connectivity index (χ0v) is 13.1. The second kappa shape index (κ2) is 6.87. The number of aryl methyl sites for hydroxylation is 1. The van der Waals surface area contributed by atoms with E-state index in [-0.39, 0.29) is 12.1 Å². The zero-order chi connectivity index (χ0) is 16.9. The van der Waals surface area contributed by atoms with E-state index in [2.05, 4.69) is 20.3 Å². The Balaban J connectivity index is 1.75. The average molecular weight is 320 g/mol. The molecule has 3 rings (SSSR count). The maximum absolute atomic E-state index is 12.2. The number of hydrogen-bond donors (Lipinski definition) is 2. The molecule has 6 heteroatoms. The smallest absolute Gasteiger partial charge is 0.261 e. The zero-order valence-electron chi connectivity index (χ0n) is 13.1. The summed E-state index contributed by atoms with van der Waals surface area (Å²) in [7, 11) is 0. The summed E-state index contributed by atoms with van der Waals surface area (Å²) >= 11 is 0. The number of rotatable bonds is 4. The number of pyridine rings is 1. The minimum Gasteiger partial charge on any atom is -0.346 e. The first-order valence-electron chi connectivity index (χ1n) is 7.49. The Morgan fingerprint density at radius 3 is 2.62 bits per heavy atom. The van der Waals surface area contributed by atoms with Gasteiger partial charge >= 0.3 is 0 Å². The van der Waals surface area contributed by atoms with Crippen LogP contribution in [0.15, 0.2) is 59.5 Å². The van der Waals surface area contributed by atoms with Gasteiger partial charge in [0.25, 0.3) is 11.5 Å². The maximum Gasteiger partial charge on any atom is 0.261 e. The number of nitrogens with zero attached hydrogens (tertiary/aromatic N) is 2. The number of aromatic amines is 1. The van der Waals surface area contributed by atoms with Gasteiger partial charge in [-0.3, -0.25) is 9.59 Å². The summed E-state index contributed by atoms with van der Waals surface area (Å²) < 4.78 is 0. The Bertz CT molecular complexity index is 920. The van der Waals surface area contributed by atoms with Crippen LogP contribution < -0.4 is 10.9 Å². The number of amides is 1. The monoisotopic (exact) mass is 320 g/mol. The van der Waals surface area contributed by atoms with Gasteiger partial charge in [-0.05, 0) is 30.7 Å². The first-order valence-corrected chi connectivity index (χ1v) is 7.49. The highest BCUT2D eigenvalue weighted by Crippen LogP contribution is 2.14. The molecule has 0 aliphatic heterocycles. The van der Waals surface area contributed by atoms with Crippen molar-refractivity contribution in [3.8, 4) is 11.3 Å². The second-order valence-electron chi connectivity index (χ2n) is 5.26. The highest BCUT2D eigenvalue weighted by molar-refractivity contribution is 5.94. The standard InChI is InChI=1S/C18H16N4O2/c1-12-19-10-9-14(21-12)11-20-17(23)15-7-8-16(22-18(15)24)13-5-3-2-4-6-13/h2-10H,11H2,1H3,(H,20,23)(H,22,24). The molecule has 2 aromatic heterocycles. The van der Waals surface area contributed by atoms with Crippen LogP contribution in [0.4, 0.5) is 0 Å². The Hall–Kier alpha value is -3.28. The first kappa shape index (κ1) is 15.6. The van der Waals surface area contributed by atoms with Gasteiger partial charge in [-0.25, -0.2) is 9.97 Å². The van der Waals surface area contributed by atoms with E-state index in [1.165, 1.54) is 6.07 Å². The van der Waals surface area contributed by atoms with E-state index in [0.717, 1.165) is 5.56 Å². The summed E-state index contributed by atoms with van der Waals surface area (Å²) in [5, 5.41) is 2.69. The third kappa shape index (κ3) is 3.55. The van der Waals surface area contributed by atoms with Crippen molar-refractivity contribution in [3.63, 3.8) is 0 Å².